The van der Waals surface area contributed by atoms with Gasteiger partial charge in [-0.2, -0.15) is 0 Å². The second-order valence-corrected chi connectivity index (χ2v) is 5.30. The fourth-order valence-corrected chi connectivity index (χ4v) is 2.75. The van der Waals surface area contributed by atoms with Crippen LogP contribution in [0.2, 0.25) is 0 Å². The van der Waals surface area contributed by atoms with Crippen LogP contribution >= 0.6 is 0 Å². The Bertz CT molecular complexity index is 401. The zero-order valence-electron chi connectivity index (χ0n) is 11.6. The summed E-state index contributed by atoms with van der Waals surface area (Å²) in [6.07, 6.45) is 3.64. The summed E-state index contributed by atoms with van der Waals surface area (Å²) in [6.45, 7) is 3.99. The van der Waals surface area contributed by atoms with E-state index in [2.05, 4.69) is 4.90 Å². The number of rotatable bonds is 5. The van der Waals surface area contributed by atoms with Crippen molar-refractivity contribution in [2.24, 2.45) is 11.7 Å². The third-order valence-corrected chi connectivity index (χ3v) is 3.93. The molecule has 1 aliphatic heterocycles. The highest BCUT2D eigenvalue weighted by atomic mass is 16.5. The van der Waals surface area contributed by atoms with Crippen molar-refractivity contribution >= 4 is 0 Å². The van der Waals surface area contributed by atoms with E-state index in [0.717, 1.165) is 38.5 Å². The maximum absolute atomic E-state index is 9.58. The summed E-state index contributed by atoms with van der Waals surface area (Å²) in [5.41, 5.74) is 6.80. The molecule has 0 atom stereocenters. The number of hydrogen-bond acceptors (Lipinski definition) is 4. The number of methoxy groups -OCH3 is 1. The van der Waals surface area contributed by atoms with Crippen LogP contribution in [-0.4, -0.2) is 36.8 Å². The fraction of sp³-hybridized carbons (Fsp3) is 0.600. The van der Waals surface area contributed by atoms with Gasteiger partial charge in [0.05, 0.1) is 7.11 Å². The molecular formula is C15H24N2O2. The van der Waals surface area contributed by atoms with E-state index in [0.29, 0.717) is 5.75 Å². The molecule has 106 valence electrons. The Kier molecular flexibility index (Phi) is 5.05. The minimum absolute atomic E-state index is 0.202. The fourth-order valence-electron chi connectivity index (χ4n) is 2.75. The van der Waals surface area contributed by atoms with Crippen LogP contribution in [0.25, 0.3) is 0 Å². The maximum atomic E-state index is 9.58. The topological polar surface area (TPSA) is 58.7 Å². The zero-order valence-corrected chi connectivity index (χ0v) is 11.6. The summed E-state index contributed by atoms with van der Waals surface area (Å²) in [6, 6.07) is 5.58. The zero-order chi connectivity index (χ0) is 13.7. The van der Waals surface area contributed by atoms with Crippen molar-refractivity contribution in [2.45, 2.75) is 25.8 Å². The van der Waals surface area contributed by atoms with E-state index in [1.165, 1.54) is 18.4 Å². The molecule has 0 bridgehead atoms. The molecule has 0 aromatic heterocycles. The summed E-state index contributed by atoms with van der Waals surface area (Å²) in [4.78, 5) is 2.46. The number of nitrogens with two attached hydrogens (primary N) is 1. The van der Waals surface area contributed by atoms with Crippen LogP contribution in [0.4, 0.5) is 0 Å². The second-order valence-electron chi connectivity index (χ2n) is 5.30. The van der Waals surface area contributed by atoms with Gasteiger partial charge in [0.15, 0.2) is 11.5 Å². The number of phenols is 1. The standard InChI is InChI=1S/C15H24N2O2/c1-19-15-10-13(2-3-14(15)18)11-17-8-5-12(4-7-16)6-9-17/h2-3,10,12,18H,4-9,11,16H2,1H3. The monoisotopic (exact) mass is 264 g/mol. The Hall–Kier alpha value is -1.26. The molecule has 0 saturated carbocycles. The van der Waals surface area contributed by atoms with Gasteiger partial charge < -0.3 is 15.6 Å². The van der Waals surface area contributed by atoms with Crippen molar-refractivity contribution in [3.05, 3.63) is 23.8 Å². The largest absolute Gasteiger partial charge is 0.504 e. The minimum Gasteiger partial charge on any atom is -0.504 e. The molecule has 1 heterocycles. The van der Waals surface area contributed by atoms with Crippen LogP contribution in [0.1, 0.15) is 24.8 Å². The molecule has 0 radical (unpaired) electrons. The van der Waals surface area contributed by atoms with Crippen molar-refractivity contribution in [3.8, 4) is 11.5 Å². The lowest BCUT2D eigenvalue weighted by Gasteiger charge is -2.31. The number of likely N-dealkylation sites (tertiary alicyclic amines) is 1. The molecule has 4 nitrogen and oxygen atoms in total. The quantitative estimate of drug-likeness (QED) is 0.853. The molecule has 1 aromatic carbocycles. The molecular weight excluding hydrogens is 240 g/mol. The van der Waals surface area contributed by atoms with Crippen molar-refractivity contribution in [1.82, 2.24) is 4.90 Å². The lowest BCUT2D eigenvalue weighted by Crippen LogP contribution is -2.33. The predicted molar refractivity (Wildman–Crippen MR) is 76.3 cm³/mol. The van der Waals surface area contributed by atoms with Crippen LogP contribution in [-0.2, 0) is 6.54 Å². The first kappa shape index (κ1) is 14.2. The third kappa shape index (κ3) is 3.85. The Morgan fingerprint density at radius 1 is 1.37 bits per heavy atom. The van der Waals surface area contributed by atoms with Gasteiger partial charge in [0.1, 0.15) is 0 Å². The third-order valence-electron chi connectivity index (χ3n) is 3.93. The molecule has 19 heavy (non-hydrogen) atoms. The lowest BCUT2D eigenvalue weighted by molar-refractivity contribution is 0.173. The smallest absolute Gasteiger partial charge is 0.160 e. The van der Waals surface area contributed by atoms with Crippen LogP contribution in [0.5, 0.6) is 11.5 Å². The van der Waals surface area contributed by atoms with Crippen molar-refractivity contribution in [3.63, 3.8) is 0 Å². The molecule has 0 aliphatic carbocycles. The average Bonchev–Trinajstić information content (AvgIpc) is 2.43. The molecule has 0 unspecified atom stereocenters. The van der Waals surface area contributed by atoms with E-state index in [4.69, 9.17) is 10.5 Å². The van der Waals surface area contributed by atoms with Gasteiger partial charge in [0.25, 0.3) is 0 Å². The van der Waals surface area contributed by atoms with Crippen LogP contribution in [0.15, 0.2) is 18.2 Å². The number of nitrogens with zero attached hydrogens (tertiary/aromatic N) is 1. The second kappa shape index (κ2) is 6.78. The Balaban J connectivity index is 1.88. The van der Waals surface area contributed by atoms with E-state index in [1.54, 1.807) is 13.2 Å². The predicted octanol–water partition coefficient (Wildman–Crippen LogP) is 1.96. The van der Waals surface area contributed by atoms with Gasteiger partial charge in [-0.15, -0.1) is 0 Å². The number of phenolic OH excluding ortho intramolecular Hbond substituents is 1. The molecule has 1 aliphatic rings. The molecule has 1 aromatic rings. The number of aromatic hydroxyl groups is 1. The molecule has 1 saturated heterocycles. The number of piperidine rings is 1. The highest BCUT2D eigenvalue weighted by molar-refractivity contribution is 5.41. The molecule has 1 fully saturated rings. The Labute approximate surface area is 115 Å². The first-order chi connectivity index (χ1) is 9.22. The summed E-state index contributed by atoms with van der Waals surface area (Å²) >= 11 is 0. The van der Waals surface area contributed by atoms with Crippen molar-refractivity contribution < 1.29 is 9.84 Å². The highest BCUT2D eigenvalue weighted by Gasteiger charge is 2.18. The normalized spacial score (nSPS) is 17.6. The Morgan fingerprint density at radius 2 is 2.11 bits per heavy atom. The van der Waals surface area contributed by atoms with Gasteiger partial charge >= 0.3 is 0 Å². The van der Waals surface area contributed by atoms with E-state index in [1.807, 2.05) is 12.1 Å². The summed E-state index contributed by atoms with van der Waals surface area (Å²) in [5, 5.41) is 9.58. The van der Waals surface area contributed by atoms with E-state index in [9.17, 15) is 5.11 Å². The Morgan fingerprint density at radius 3 is 2.74 bits per heavy atom. The first-order valence-electron chi connectivity index (χ1n) is 7.01. The van der Waals surface area contributed by atoms with E-state index in [-0.39, 0.29) is 5.75 Å². The molecule has 3 N–H and O–H groups in total. The minimum atomic E-state index is 0.202. The van der Waals surface area contributed by atoms with Crippen molar-refractivity contribution in [2.75, 3.05) is 26.7 Å². The first-order valence-corrected chi connectivity index (χ1v) is 7.01. The highest BCUT2D eigenvalue weighted by Crippen LogP contribution is 2.28. The molecule has 4 heteroatoms. The van der Waals surface area contributed by atoms with Gasteiger partial charge in [-0.3, -0.25) is 4.90 Å². The number of benzene rings is 1. The summed E-state index contributed by atoms with van der Waals surface area (Å²) in [7, 11) is 1.58. The maximum Gasteiger partial charge on any atom is 0.160 e. The van der Waals surface area contributed by atoms with Crippen LogP contribution < -0.4 is 10.5 Å². The SMILES string of the molecule is COc1cc(CN2CCC(CCN)CC2)ccc1O. The van der Waals surface area contributed by atoms with Gasteiger partial charge in [0.2, 0.25) is 0 Å². The molecule has 0 amide bonds. The van der Waals surface area contributed by atoms with Gasteiger partial charge in [-0.05, 0) is 62.5 Å². The summed E-state index contributed by atoms with van der Waals surface area (Å²) in [5.74, 6) is 1.55. The number of hydrogen-bond donors (Lipinski definition) is 2. The molecule has 0 spiro atoms. The van der Waals surface area contributed by atoms with Crippen LogP contribution in [0, 0.1) is 5.92 Å². The molecule has 2 rings (SSSR count). The number of ether oxygens (including phenoxy) is 1. The van der Waals surface area contributed by atoms with Crippen molar-refractivity contribution in [1.29, 1.82) is 0 Å². The van der Waals surface area contributed by atoms with E-state index < -0.39 is 0 Å². The van der Waals surface area contributed by atoms with Gasteiger partial charge in [-0.1, -0.05) is 6.07 Å². The van der Waals surface area contributed by atoms with Gasteiger partial charge in [0, 0.05) is 6.54 Å². The van der Waals surface area contributed by atoms with Crippen LogP contribution in [0.3, 0.4) is 0 Å². The average molecular weight is 264 g/mol. The van der Waals surface area contributed by atoms with E-state index >= 15 is 0 Å². The lowest BCUT2D eigenvalue weighted by atomic mass is 9.93. The summed E-state index contributed by atoms with van der Waals surface area (Å²) < 4.78 is 5.14. The van der Waals surface area contributed by atoms with Gasteiger partial charge in [-0.25, -0.2) is 0 Å².